The Morgan fingerprint density at radius 1 is 1.04 bits per heavy atom. The van der Waals surface area contributed by atoms with Crippen molar-refractivity contribution < 1.29 is 9.21 Å². The maximum absolute atomic E-state index is 12.4. The van der Waals surface area contributed by atoms with Gasteiger partial charge in [-0.1, -0.05) is 24.3 Å². The summed E-state index contributed by atoms with van der Waals surface area (Å²) in [5.41, 5.74) is 4.77. The number of carbonyl (C=O) groups excluding carboxylic acids is 1. The molecule has 1 heterocycles. The van der Waals surface area contributed by atoms with Crippen LogP contribution in [0.1, 0.15) is 15.9 Å². The highest BCUT2D eigenvalue weighted by Gasteiger charge is 2.12. The van der Waals surface area contributed by atoms with Gasteiger partial charge in [0.1, 0.15) is 5.52 Å². The number of aromatic nitrogens is 1. The lowest BCUT2D eigenvalue weighted by Crippen LogP contribution is -2.11. The van der Waals surface area contributed by atoms with E-state index in [1.807, 2.05) is 61.5 Å². The Labute approximate surface area is 164 Å². The van der Waals surface area contributed by atoms with Crippen molar-refractivity contribution in [2.75, 3.05) is 5.32 Å². The first-order valence-corrected chi connectivity index (χ1v) is 9.21. The molecule has 0 unspecified atom stereocenters. The Kier molecular flexibility index (Phi) is 4.46. The molecule has 0 spiro atoms. The summed E-state index contributed by atoms with van der Waals surface area (Å²) >= 11 is 2.19. The first-order valence-electron chi connectivity index (χ1n) is 8.14. The van der Waals surface area contributed by atoms with Crippen molar-refractivity contribution >= 4 is 45.3 Å². The highest BCUT2D eigenvalue weighted by Crippen LogP contribution is 2.28. The molecule has 0 atom stereocenters. The molecule has 4 nitrogen and oxygen atoms in total. The number of rotatable bonds is 3. The molecular weight excluding hydrogens is 439 g/mol. The molecular formula is C21H15IN2O2. The molecule has 0 bridgehead atoms. The van der Waals surface area contributed by atoms with E-state index < -0.39 is 0 Å². The van der Waals surface area contributed by atoms with Gasteiger partial charge in [-0.15, -0.1) is 0 Å². The fourth-order valence-electron chi connectivity index (χ4n) is 2.76. The number of benzene rings is 3. The molecule has 5 heteroatoms. The maximum Gasteiger partial charge on any atom is 0.255 e. The minimum absolute atomic E-state index is 0.151. The molecule has 0 radical (unpaired) electrons. The third-order valence-electron chi connectivity index (χ3n) is 4.11. The summed E-state index contributed by atoms with van der Waals surface area (Å²) < 4.78 is 6.94. The van der Waals surface area contributed by atoms with E-state index in [-0.39, 0.29) is 5.91 Å². The van der Waals surface area contributed by atoms with Gasteiger partial charge in [0.15, 0.2) is 5.58 Å². The first-order chi connectivity index (χ1) is 12.6. The summed E-state index contributed by atoms with van der Waals surface area (Å²) in [6, 6.07) is 20.9. The van der Waals surface area contributed by atoms with Crippen LogP contribution in [0, 0.1) is 10.5 Å². The quantitative estimate of drug-likeness (QED) is 0.407. The molecule has 128 valence electrons. The molecule has 0 saturated carbocycles. The van der Waals surface area contributed by atoms with Gasteiger partial charge in [-0.3, -0.25) is 4.79 Å². The van der Waals surface area contributed by atoms with Crippen molar-refractivity contribution in [2.45, 2.75) is 6.92 Å². The van der Waals surface area contributed by atoms with Crippen LogP contribution in [0.3, 0.4) is 0 Å². The summed E-state index contributed by atoms with van der Waals surface area (Å²) in [7, 11) is 0. The molecule has 4 rings (SSSR count). The molecule has 0 aliphatic carbocycles. The lowest BCUT2D eigenvalue weighted by molar-refractivity contribution is 0.102. The van der Waals surface area contributed by atoms with E-state index in [2.05, 4.69) is 32.9 Å². The average Bonchev–Trinajstić information content (AvgIpc) is 3.05. The monoisotopic (exact) mass is 454 g/mol. The molecule has 4 aromatic rings. The van der Waals surface area contributed by atoms with E-state index in [0.717, 1.165) is 20.2 Å². The van der Waals surface area contributed by atoms with Crippen LogP contribution in [0.15, 0.2) is 71.1 Å². The van der Waals surface area contributed by atoms with Crippen LogP contribution in [-0.2, 0) is 0 Å². The zero-order valence-corrected chi connectivity index (χ0v) is 16.2. The van der Waals surface area contributed by atoms with Crippen LogP contribution in [0.2, 0.25) is 0 Å². The summed E-state index contributed by atoms with van der Waals surface area (Å²) in [5, 5.41) is 2.91. The van der Waals surface area contributed by atoms with E-state index in [4.69, 9.17) is 4.42 Å². The molecule has 3 aromatic carbocycles. The second kappa shape index (κ2) is 6.92. The second-order valence-corrected chi connectivity index (χ2v) is 7.23. The number of hydrogen-bond donors (Lipinski definition) is 1. The zero-order valence-electron chi connectivity index (χ0n) is 14.0. The fourth-order valence-corrected chi connectivity index (χ4v) is 3.31. The Morgan fingerprint density at radius 3 is 2.69 bits per heavy atom. The molecule has 0 fully saturated rings. The van der Waals surface area contributed by atoms with E-state index in [0.29, 0.717) is 22.7 Å². The Morgan fingerprint density at radius 2 is 1.88 bits per heavy atom. The Balaban J connectivity index is 1.64. The minimum atomic E-state index is -0.151. The van der Waals surface area contributed by atoms with E-state index in [1.165, 1.54) is 0 Å². The van der Waals surface area contributed by atoms with Crippen molar-refractivity contribution in [3.8, 4) is 11.5 Å². The van der Waals surface area contributed by atoms with Crippen LogP contribution < -0.4 is 5.32 Å². The number of nitrogens with one attached hydrogen (secondary N) is 1. The number of fused-ring (bicyclic) bond motifs is 1. The van der Waals surface area contributed by atoms with Crippen molar-refractivity contribution in [1.82, 2.24) is 4.98 Å². The van der Waals surface area contributed by atoms with Gasteiger partial charge < -0.3 is 9.73 Å². The topological polar surface area (TPSA) is 55.1 Å². The Bertz CT molecular complexity index is 1120. The molecule has 0 aliphatic rings. The van der Waals surface area contributed by atoms with Gasteiger partial charge in [-0.05, 0) is 71.5 Å². The normalized spacial score (nSPS) is 10.8. The summed E-state index contributed by atoms with van der Waals surface area (Å²) in [5.74, 6) is 0.431. The fraction of sp³-hybridized carbons (Fsp3) is 0.0476. The van der Waals surface area contributed by atoms with Crippen molar-refractivity contribution in [3.05, 3.63) is 81.4 Å². The van der Waals surface area contributed by atoms with Crippen molar-refractivity contribution in [1.29, 1.82) is 0 Å². The van der Waals surface area contributed by atoms with Gasteiger partial charge in [0.25, 0.3) is 5.91 Å². The number of amides is 1. The third-order valence-corrected chi connectivity index (χ3v) is 4.78. The van der Waals surface area contributed by atoms with Gasteiger partial charge in [0.05, 0.1) is 0 Å². The molecule has 1 amide bonds. The predicted molar refractivity (Wildman–Crippen MR) is 111 cm³/mol. The van der Waals surface area contributed by atoms with Crippen molar-refractivity contribution in [3.63, 3.8) is 0 Å². The highest BCUT2D eigenvalue weighted by molar-refractivity contribution is 14.1. The largest absolute Gasteiger partial charge is 0.436 e. The number of anilines is 1. The SMILES string of the molecule is Cc1ccccc1-c1nc2ccc(NC(=O)c3cccc(I)c3)cc2o1. The molecule has 1 aromatic heterocycles. The van der Waals surface area contributed by atoms with E-state index in [9.17, 15) is 4.79 Å². The maximum atomic E-state index is 12.4. The Hall–Kier alpha value is -2.67. The van der Waals surface area contributed by atoms with Gasteiger partial charge in [-0.25, -0.2) is 4.98 Å². The van der Waals surface area contributed by atoms with Gasteiger partial charge in [-0.2, -0.15) is 0 Å². The molecule has 26 heavy (non-hydrogen) atoms. The summed E-state index contributed by atoms with van der Waals surface area (Å²) in [6.45, 7) is 2.02. The third kappa shape index (κ3) is 3.35. The van der Waals surface area contributed by atoms with E-state index >= 15 is 0 Å². The lowest BCUT2D eigenvalue weighted by atomic mass is 10.1. The standard InChI is InChI=1S/C21H15IN2O2/c1-13-5-2-3-8-17(13)21-24-18-10-9-16(12-19(18)26-21)23-20(25)14-6-4-7-15(22)11-14/h2-12H,1H3,(H,23,25). The second-order valence-electron chi connectivity index (χ2n) is 5.98. The van der Waals surface area contributed by atoms with Crippen LogP contribution >= 0.6 is 22.6 Å². The zero-order chi connectivity index (χ0) is 18.1. The summed E-state index contributed by atoms with van der Waals surface area (Å²) in [6.07, 6.45) is 0. The number of oxazole rings is 1. The first kappa shape index (κ1) is 16.8. The van der Waals surface area contributed by atoms with Crippen LogP contribution in [0.4, 0.5) is 5.69 Å². The minimum Gasteiger partial charge on any atom is -0.436 e. The summed E-state index contributed by atoms with van der Waals surface area (Å²) in [4.78, 5) is 17.0. The van der Waals surface area contributed by atoms with Gasteiger partial charge >= 0.3 is 0 Å². The highest BCUT2D eigenvalue weighted by atomic mass is 127. The number of nitrogens with zero attached hydrogens (tertiary/aromatic N) is 1. The number of carbonyl (C=O) groups is 1. The smallest absolute Gasteiger partial charge is 0.255 e. The van der Waals surface area contributed by atoms with Crippen LogP contribution in [-0.4, -0.2) is 10.9 Å². The number of hydrogen-bond acceptors (Lipinski definition) is 3. The van der Waals surface area contributed by atoms with Gasteiger partial charge in [0, 0.05) is 26.5 Å². The molecule has 0 saturated heterocycles. The molecule has 0 aliphatic heterocycles. The van der Waals surface area contributed by atoms with Gasteiger partial charge in [0.2, 0.25) is 5.89 Å². The predicted octanol–water partition coefficient (Wildman–Crippen LogP) is 5.66. The lowest BCUT2D eigenvalue weighted by Gasteiger charge is -2.05. The van der Waals surface area contributed by atoms with Crippen LogP contribution in [0.5, 0.6) is 0 Å². The van der Waals surface area contributed by atoms with Crippen LogP contribution in [0.25, 0.3) is 22.6 Å². The number of aryl methyl sites for hydroxylation is 1. The average molecular weight is 454 g/mol. The molecule has 1 N–H and O–H groups in total. The van der Waals surface area contributed by atoms with Crippen molar-refractivity contribution in [2.24, 2.45) is 0 Å². The van der Waals surface area contributed by atoms with E-state index in [1.54, 1.807) is 12.1 Å². The number of halogens is 1.